The van der Waals surface area contributed by atoms with Gasteiger partial charge in [-0.15, -0.1) is 0 Å². The highest BCUT2D eigenvalue weighted by Crippen LogP contribution is 2.28. The molecule has 0 unspecified atom stereocenters. The van der Waals surface area contributed by atoms with Crippen molar-refractivity contribution in [2.75, 3.05) is 0 Å². The zero-order chi connectivity index (χ0) is 14.8. The molecule has 0 saturated heterocycles. The van der Waals surface area contributed by atoms with Crippen molar-refractivity contribution < 1.29 is 0 Å². The van der Waals surface area contributed by atoms with Crippen molar-refractivity contribution in [3.63, 3.8) is 0 Å². The van der Waals surface area contributed by atoms with Gasteiger partial charge in [-0.3, -0.25) is 0 Å². The lowest BCUT2D eigenvalue weighted by atomic mass is 10.2. The van der Waals surface area contributed by atoms with Crippen molar-refractivity contribution in [1.82, 2.24) is 14.1 Å². The molecule has 2 aromatic carbocycles. The van der Waals surface area contributed by atoms with E-state index in [2.05, 4.69) is 62.6 Å². The van der Waals surface area contributed by atoms with Crippen molar-refractivity contribution in [1.29, 1.82) is 0 Å². The fourth-order valence-electron chi connectivity index (χ4n) is 3.23. The van der Waals surface area contributed by atoms with Gasteiger partial charge in [0.2, 0.25) is 0 Å². The molecule has 0 aliphatic rings. The maximum Gasteiger partial charge on any atom is 0.0945 e. The molecule has 2 heterocycles. The number of aromatic nitrogens is 3. The number of unbranched alkanes of at least 4 members (excludes halogenated alkanes) is 1. The number of benzene rings is 2. The van der Waals surface area contributed by atoms with Gasteiger partial charge in [0, 0.05) is 47.3 Å². The molecule has 3 heteroatoms. The maximum atomic E-state index is 4.09. The Morgan fingerprint density at radius 2 is 1.41 bits per heavy atom. The summed E-state index contributed by atoms with van der Waals surface area (Å²) in [5.41, 5.74) is 2.68. The Labute approximate surface area is 129 Å². The molecule has 4 aromatic rings. The molecular formula is C19H19N3. The monoisotopic (exact) mass is 289 g/mol. The molecule has 3 nitrogen and oxygen atoms in total. The third-order valence-electron chi connectivity index (χ3n) is 4.29. The fraction of sp³-hybridized carbons (Fsp3) is 0.211. The van der Waals surface area contributed by atoms with Crippen molar-refractivity contribution in [2.24, 2.45) is 0 Å². The standard InChI is InChI=1S/C19H19N3/c1-3-9-18-16(7-1)17-8-2-4-10-19(17)22(18)13-6-5-12-21-14-11-20-15-21/h1-4,7-11,14-15H,5-6,12-13H2. The number of hydrogen-bond donors (Lipinski definition) is 0. The highest BCUT2D eigenvalue weighted by atomic mass is 15.0. The predicted molar refractivity (Wildman–Crippen MR) is 90.9 cm³/mol. The van der Waals surface area contributed by atoms with Gasteiger partial charge in [0.05, 0.1) is 6.33 Å². The summed E-state index contributed by atoms with van der Waals surface area (Å²) in [5, 5.41) is 2.71. The summed E-state index contributed by atoms with van der Waals surface area (Å²) in [4.78, 5) is 4.09. The fourth-order valence-corrected chi connectivity index (χ4v) is 3.23. The van der Waals surface area contributed by atoms with Crippen molar-refractivity contribution in [2.45, 2.75) is 25.9 Å². The Kier molecular flexibility index (Phi) is 3.39. The van der Waals surface area contributed by atoms with Crippen molar-refractivity contribution in [3.05, 3.63) is 67.3 Å². The summed E-state index contributed by atoms with van der Waals surface area (Å²) in [6.07, 6.45) is 8.09. The first-order valence-corrected chi connectivity index (χ1v) is 7.85. The molecule has 0 amide bonds. The highest BCUT2D eigenvalue weighted by molar-refractivity contribution is 6.07. The summed E-state index contributed by atoms with van der Waals surface area (Å²) in [6.45, 7) is 2.10. The molecule has 0 aliphatic heterocycles. The van der Waals surface area contributed by atoms with E-state index in [0.717, 1.165) is 19.5 Å². The van der Waals surface area contributed by atoms with E-state index in [1.807, 2.05) is 18.7 Å². The summed E-state index contributed by atoms with van der Waals surface area (Å²) in [5.74, 6) is 0. The van der Waals surface area contributed by atoms with Crippen LogP contribution < -0.4 is 0 Å². The van der Waals surface area contributed by atoms with E-state index in [4.69, 9.17) is 0 Å². The van der Waals surface area contributed by atoms with E-state index in [-0.39, 0.29) is 0 Å². The van der Waals surface area contributed by atoms with Crippen LogP contribution in [0.15, 0.2) is 67.3 Å². The minimum Gasteiger partial charge on any atom is -0.340 e. The normalized spacial score (nSPS) is 11.5. The summed E-state index contributed by atoms with van der Waals surface area (Å²) >= 11 is 0. The van der Waals surface area contributed by atoms with Gasteiger partial charge in [-0.05, 0) is 25.0 Å². The van der Waals surface area contributed by atoms with Gasteiger partial charge >= 0.3 is 0 Å². The molecule has 4 rings (SSSR count). The lowest BCUT2D eigenvalue weighted by Gasteiger charge is -2.08. The van der Waals surface area contributed by atoms with E-state index in [1.54, 1.807) is 0 Å². The molecule has 0 aliphatic carbocycles. The summed E-state index contributed by atoms with van der Waals surface area (Å²) < 4.78 is 4.60. The van der Waals surface area contributed by atoms with Crippen LogP contribution in [-0.4, -0.2) is 14.1 Å². The quantitative estimate of drug-likeness (QED) is 0.497. The van der Waals surface area contributed by atoms with Crippen molar-refractivity contribution in [3.8, 4) is 0 Å². The molecule has 2 aromatic heterocycles. The van der Waals surface area contributed by atoms with Crippen LogP contribution in [0.5, 0.6) is 0 Å². The van der Waals surface area contributed by atoms with E-state index in [9.17, 15) is 0 Å². The van der Waals surface area contributed by atoms with Crippen LogP contribution in [0.1, 0.15) is 12.8 Å². The Morgan fingerprint density at radius 1 is 0.773 bits per heavy atom. The topological polar surface area (TPSA) is 22.8 Å². The van der Waals surface area contributed by atoms with Gasteiger partial charge in [-0.25, -0.2) is 4.98 Å². The zero-order valence-corrected chi connectivity index (χ0v) is 12.5. The van der Waals surface area contributed by atoms with E-state index >= 15 is 0 Å². The lowest BCUT2D eigenvalue weighted by Crippen LogP contribution is -2.00. The Hall–Kier alpha value is -2.55. The number of para-hydroxylation sites is 2. The molecule has 0 spiro atoms. The molecule has 0 fully saturated rings. The van der Waals surface area contributed by atoms with Crippen LogP contribution in [0.2, 0.25) is 0 Å². The van der Waals surface area contributed by atoms with Crippen LogP contribution in [0, 0.1) is 0 Å². The molecule has 0 N–H and O–H groups in total. The molecule has 0 saturated carbocycles. The summed E-state index contributed by atoms with van der Waals surface area (Å²) in [6, 6.07) is 17.4. The minimum absolute atomic E-state index is 1.04. The zero-order valence-electron chi connectivity index (χ0n) is 12.5. The number of fused-ring (bicyclic) bond motifs is 3. The second-order valence-electron chi connectivity index (χ2n) is 5.69. The average Bonchev–Trinajstić information content (AvgIpc) is 3.18. The lowest BCUT2D eigenvalue weighted by molar-refractivity contribution is 0.566. The van der Waals surface area contributed by atoms with Crippen molar-refractivity contribution >= 4 is 21.8 Å². The number of imidazole rings is 1. The summed E-state index contributed by atoms with van der Waals surface area (Å²) in [7, 11) is 0. The largest absolute Gasteiger partial charge is 0.340 e. The van der Waals surface area contributed by atoms with Gasteiger partial charge in [-0.1, -0.05) is 36.4 Å². The van der Waals surface area contributed by atoms with Crippen LogP contribution >= 0.6 is 0 Å². The van der Waals surface area contributed by atoms with Gasteiger partial charge in [0.15, 0.2) is 0 Å². The Bertz CT molecular complexity index is 834. The van der Waals surface area contributed by atoms with Crippen LogP contribution in [0.25, 0.3) is 21.8 Å². The third kappa shape index (κ3) is 2.29. The minimum atomic E-state index is 1.04. The Balaban J connectivity index is 1.59. The van der Waals surface area contributed by atoms with Crippen LogP contribution in [0.4, 0.5) is 0 Å². The second-order valence-corrected chi connectivity index (χ2v) is 5.69. The van der Waals surface area contributed by atoms with Gasteiger partial charge in [0.25, 0.3) is 0 Å². The maximum absolute atomic E-state index is 4.09. The molecule has 22 heavy (non-hydrogen) atoms. The molecular weight excluding hydrogens is 270 g/mol. The molecule has 0 radical (unpaired) electrons. The number of aryl methyl sites for hydroxylation is 2. The Morgan fingerprint density at radius 3 is 2.05 bits per heavy atom. The molecule has 0 bridgehead atoms. The highest BCUT2D eigenvalue weighted by Gasteiger charge is 2.08. The molecule has 110 valence electrons. The predicted octanol–water partition coefficient (Wildman–Crippen LogP) is 4.47. The first kappa shape index (κ1) is 13.1. The number of rotatable bonds is 5. The SMILES string of the molecule is c1ccc2c(c1)c1ccccc1n2CCCCn1ccnc1. The van der Waals surface area contributed by atoms with E-state index in [1.165, 1.54) is 28.2 Å². The number of nitrogens with zero attached hydrogens (tertiary/aromatic N) is 3. The van der Waals surface area contributed by atoms with Gasteiger partial charge in [0.1, 0.15) is 0 Å². The van der Waals surface area contributed by atoms with E-state index < -0.39 is 0 Å². The first-order valence-electron chi connectivity index (χ1n) is 7.85. The average molecular weight is 289 g/mol. The smallest absolute Gasteiger partial charge is 0.0945 e. The van der Waals surface area contributed by atoms with Crippen LogP contribution in [0.3, 0.4) is 0 Å². The van der Waals surface area contributed by atoms with Gasteiger partial charge in [-0.2, -0.15) is 0 Å². The van der Waals surface area contributed by atoms with E-state index in [0.29, 0.717) is 0 Å². The van der Waals surface area contributed by atoms with Gasteiger partial charge < -0.3 is 9.13 Å². The molecule has 0 atom stereocenters. The van der Waals surface area contributed by atoms with Crippen LogP contribution in [-0.2, 0) is 13.1 Å². The second kappa shape index (κ2) is 5.68. The number of hydrogen-bond acceptors (Lipinski definition) is 1. The first-order chi connectivity index (χ1) is 10.9. The third-order valence-corrected chi connectivity index (χ3v) is 4.29.